The Bertz CT molecular complexity index is 470. The summed E-state index contributed by atoms with van der Waals surface area (Å²) < 4.78 is 11.7. The zero-order valence-corrected chi connectivity index (χ0v) is 11.4. The average Bonchev–Trinajstić information content (AvgIpc) is 2.83. The smallest absolute Gasteiger partial charge is 0.128 e. The van der Waals surface area contributed by atoms with Gasteiger partial charge in [-0.1, -0.05) is 13.0 Å². The molecule has 102 valence electrons. The maximum Gasteiger partial charge on any atom is 0.128 e. The molecule has 3 nitrogen and oxygen atoms in total. The van der Waals surface area contributed by atoms with Crippen LogP contribution in [0.15, 0.2) is 30.4 Å². The van der Waals surface area contributed by atoms with Crippen molar-refractivity contribution in [2.45, 2.75) is 38.3 Å². The highest BCUT2D eigenvalue weighted by Gasteiger charge is 2.24. The summed E-state index contributed by atoms with van der Waals surface area (Å²) in [7, 11) is 0. The first-order valence-corrected chi connectivity index (χ1v) is 7.20. The Kier molecular flexibility index (Phi) is 3.74. The molecule has 0 radical (unpaired) electrons. The zero-order chi connectivity index (χ0) is 13.1. The summed E-state index contributed by atoms with van der Waals surface area (Å²) in [6, 6.07) is 6.52. The third-order valence-corrected chi connectivity index (χ3v) is 3.71. The first kappa shape index (κ1) is 12.5. The van der Waals surface area contributed by atoms with Crippen molar-refractivity contribution in [1.29, 1.82) is 0 Å². The molecule has 1 aromatic carbocycles. The highest BCUT2D eigenvalue weighted by molar-refractivity contribution is 5.45. The van der Waals surface area contributed by atoms with Gasteiger partial charge >= 0.3 is 0 Å². The van der Waals surface area contributed by atoms with Gasteiger partial charge in [-0.15, -0.1) is 0 Å². The molecule has 2 unspecified atom stereocenters. The van der Waals surface area contributed by atoms with Crippen LogP contribution in [0.2, 0.25) is 0 Å². The summed E-state index contributed by atoms with van der Waals surface area (Å²) in [5, 5.41) is 3.42. The number of likely N-dealkylation sites (N-methyl/N-ethyl adjacent to an activating group) is 1. The van der Waals surface area contributed by atoms with Crippen molar-refractivity contribution in [1.82, 2.24) is 5.32 Å². The van der Waals surface area contributed by atoms with E-state index in [9.17, 15) is 0 Å². The lowest BCUT2D eigenvalue weighted by Crippen LogP contribution is -2.21. The van der Waals surface area contributed by atoms with Crippen LogP contribution in [0.5, 0.6) is 11.5 Å². The molecule has 0 spiro atoms. The van der Waals surface area contributed by atoms with E-state index in [0.29, 0.717) is 6.04 Å². The van der Waals surface area contributed by atoms with Crippen LogP contribution in [-0.4, -0.2) is 19.3 Å². The summed E-state index contributed by atoms with van der Waals surface area (Å²) in [5.41, 5.74) is 1.24. The second kappa shape index (κ2) is 5.66. The Hall–Kier alpha value is -1.48. The van der Waals surface area contributed by atoms with E-state index in [4.69, 9.17) is 9.47 Å². The Balaban J connectivity index is 1.71. The van der Waals surface area contributed by atoms with Crippen LogP contribution in [0.1, 0.15) is 37.8 Å². The summed E-state index contributed by atoms with van der Waals surface area (Å²) in [4.78, 5) is 0. The molecule has 1 heterocycles. The van der Waals surface area contributed by atoms with Crippen LogP contribution in [-0.2, 0) is 0 Å². The monoisotopic (exact) mass is 259 g/mol. The number of ether oxygens (including phenoxy) is 2. The number of fused-ring (bicyclic) bond motifs is 1. The van der Waals surface area contributed by atoms with E-state index in [-0.39, 0.29) is 6.10 Å². The molecule has 0 fully saturated rings. The van der Waals surface area contributed by atoms with Crippen molar-refractivity contribution in [3.63, 3.8) is 0 Å². The quantitative estimate of drug-likeness (QED) is 0.842. The summed E-state index contributed by atoms with van der Waals surface area (Å²) >= 11 is 0. The van der Waals surface area contributed by atoms with Crippen molar-refractivity contribution in [2.24, 2.45) is 0 Å². The minimum absolute atomic E-state index is 0.220. The summed E-state index contributed by atoms with van der Waals surface area (Å²) in [5.74, 6) is 1.87. The standard InChI is InChI=1S/C16H21NO2/c1-2-17-15-11-18-16-10-13(8-9-14(15)16)19-12-6-4-3-5-7-12/h4,6,8-10,12,15,17H,2-3,5,7,11H2,1H3. The number of benzene rings is 1. The van der Waals surface area contributed by atoms with Crippen molar-refractivity contribution < 1.29 is 9.47 Å². The van der Waals surface area contributed by atoms with Gasteiger partial charge in [0.15, 0.2) is 0 Å². The second-order valence-electron chi connectivity index (χ2n) is 5.14. The second-order valence-corrected chi connectivity index (χ2v) is 5.14. The van der Waals surface area contributed by atoms with Crippen LogP contribution in [0.4, 0.5) is 0 Å². The number of rotatable bonds is 4. The Morgan fingerprint density at radius 3 is 3.16 bits per heavy atom. The minimum Gasteiger partial charge on any atom is -0.491 e. The lowest BCUT2D eigenvalue weighted by Gasteiger charge is -2.19. The molecule has 2 aliphatic rings. The predicted octanol–water partition coefficient (Wildman–Crippen LogP) is 3.22. The first-order valence-electron chi connectivity index (χ1n) is 7.20. The van der Waals surface area contributed by atoms with Gasteiger partial charge in [0.1, 0.15) is 24.2 Å². The van der Waals surface area contributed by atoms with Gasteiger partial charge in [-0.3, -0.25) is 0 Å². The molecule has 1 aromatic rings. The normalized spacial score (nSPS) is 24.9. The molecule has 0 aromatic heterocycles. The van der Waals surface area contributed by atoms with Crippen LogP contribution in [0.25, 0.3) is 0 Å². The van der Waals surface area contributed by atoms with Crippen molar-refractivity contribution in [3.8, 4) is 11.5 Å². The number of allylic oxidation sites excluding steroid dienone is 1. The van der Waals surface area contributed by atoms with Gasteiger partial charge in [-0.25, -0.2) is 0 Å². The van der Waals surface area contributed by atoms with Crippen LogP contribution in [0, 0.1) is 0 Å². The molecule has 3 heteroatoms. The topological polar surface area (TPSA) is 30.5 Å². The van der Waals surface area contributed by atoms with Crippen LogP contribution < -0.4 is 14.8 Å². The molecular formula is C16H21NO2. The van der Waals surface area contributed by atoms with Crippen molar-refractivity contribution >= 4 is 0 Å². The summed E-state index contributed by atoms with van der Waals surface area (Å²) in [6.45, 7) is 3.79. The third kappa shape index (κ3) is 2.76. The molecule has 19 heavy (non-hydrogen) atoms. The van der Waals surface area contributed by atoms with Gasteiger partial charge in [0, 0.05) is 11.6 Å². The highest BCUT2D eigenvalue weighted by atomic mass is 16.5. The fourth-order valence-electron chi connectivity index (χ4n) is 2.73. The molecule has 0 saturated heterocycles. The lowest BCUT2D eigenvalue weighted by molar-refractivity contribution is 0.228. The van der Waals surface area contributed by atoms with E-state index < -0.39 is 0 Å². The SMILES string of the molecule is CCNC1COc2cc(OC3C=CCCC3)ccc21. The third-order valence-electron chi connectivity index (χ3n) is 3.71. The fourth-order valence-corrected chi connectivity index (χ4v) is 2.73. The molecule has 0 saturated carbocycles. The largest absolute Gasteiger partial charge is 0.491 e. The highest BCUT2D eigenvalue weighted by Crippen LogP contribution is 2.35. The van der Waals surface area contributed by atoms with Gasteiger partial charge < -0.3 is 14.8 Å². The van der Waals surface area contributed by atoms with Crippen LogP contribution in [0.3, 0.4) is 0 Å². The van der Waals surface area contributed by atoms with Gasteiger partial charge in [0.2, 0.25) is 0 Å². The van der Waals surface area contributed by atoms with Gasteiger partial charge in [-0.05, 0) is 44.0 Å². The molecule has 2 atom stereocenters. The first-order chi connectivity index (χ1) is 9.36. The zero-order valence-electron chi connectivity index (χ0n) is 11.4. The maximum atomic E-state index is 5.99. The van der Waals surface area contributed by atoms with E-state index in [0.717, 1.165) is 31.1 Å². The molecule has 1 aliphatic heterocycles. The molecule has 0 amide bonds. The van der Waals surface area contributed by atoms with Gasteiger partial charge in [0.05, 0.1) is 6.04 Å². The van der Waals surface area contributed by atoms with Crippen molar-refractivity contribution in [2.75, 3.05) is 13.2 Å². The average molecular weight is 259 g/mol. The molecule has 0 bridgehead atoms. The Labute approximate surface area is 114 Å². The number of hydrogen-bond donors (Lipinski definition) is 1. The summed E-state index contributed by atoms with van der Waals surface area (Å²) in [6.07, 6.45) is 8.09. The van der Waals surface area contributed by atoms with E-state index in [2.05, 4.69) is 36.5 Å². The molecular weight excluding hydrogens is 238 g/mol. The minimum atomic E-state index is 0.220. The van der Waals surface area contributed by atoms with E-state index in [1.165, 1.54) is 18.4 Å². The van der Waals surface area contributed by atoms with E-state index >= 15 is 0 Å². The van der Waals surface area contributed by atoms with E-state index in [1.54, 1.807) is 0 Å². The van der Waals surface area contributed by atoms with Crippen LogP contribution >= 0.6 is 0 Å². The predicted molar refractivity (Wildman–Crippen MR) is 75.8 cm³/mol. The van der Waals surface area contributed by atoms with Gasteiger partial charge in [-0.2, -0.15) is 0 Å². The van der Waals surface area contributed by atoms with Gasteiger partial charge in [0.25, 0.3) is 0 Å². The molecule has 1 N–H and O–H groups in total. The Morgan fingerprint density at radius 2 is 2.37 bits per heavy atom. The van der Waals surface area contributed by atoms with E-state index in [1.807, 2.05) is 6.07 Å². The fraction of sp³-hybridized carbons (Fsp3) is 0.500. The maximum absolute atomic E-state index is 5.99. The number of hydrogen-bond acceptors (Lipinski definition) is 3. The van der Waals surface area contributed by atoms with Crippen molar-refractivity contribution in [3.05, 3.63) is 35.9 Å². The Morgan fingerprint density at radius 1 is 1.42 bits per heavy atom. The lowest BCUT2D eigenvalue weighted by atomic mass is 10.1. The molecule has 3 rings (SSSR count). The number of nitrogens with one attached hydrogen (secondary N) is 1. The molecule has 1 aliphatic carbocycles.